The molecule has 3 heteroatoms. The minimum absolute atomic E-state index is 0.0470. The van der Waals surface area contributed by atoms with Crippen molar-refractivity contribution in [2.24, 2.45) is 0 Å². The first-order valence-electron chi connectivity index (χ1n) is 9.20. The number of hydrogen-bond donors (Lipinski definition) is 0. The molecular formula is C26H21NOS. The lowest BCUT2D eigenvalue weighted by Gasteiger charge is -2.27. The van der Waals surface area contributed by atoms with Crippen molar-refractivity contribution < 1.29 is 4.79 Å². The summed E-state index contributed by atoms with van der Waals surface area (Å²) in [5.74, 6) is 12.9. The van der Waals surface area contributed by atoms with Gasteiger partial charge in [-0.25, -0.2) is 0 Å². The predicted molar refractivity (Wildman–Crippen MR) is 121 cm³/mol. The van der Waals surface area contributed by atoms with Crippen LogP contribution in [-0.4, -0.2) is 30.3 Å². The van der Waals surface area contributed by atoms with Gasteiger partial charge in [0, 0.05) is 11.1 Å². The monoisotopic (exact) mass is 395 g/mol. The van der Waals surface area contributed by atoms with Gasteiger partial charge in [-0.15, -0.1) is 11.3 Å². The SMILES string of the molecule is CN(C)C(C#Cc1ccccc1)(C#Cc1ccccc1)/C=C/C(=O)c1cccs1. The quantitative estimate of drug-likeness (QED) is 0.356. The van der Waals surface area contributed by atoms with Crippen LogP contribution in [0, 0.1) is 23.7 Å². The molecule has 0 bridgehead atoms. The summed E-state index contributed by atoms with van der Waals surface area (Å²) >= 11 is 1.42. The van der Waals surface area contributed by atoms with Crippen molar-refractivity contribution in [1.82, 2.24) is 4.90 Å². The van der Waals surface area contributed by atoms with Gasteiger partial charge >= 0.3 is 0 Å². The van der Waals surface area contributed by atoms with E-state index in [0.717, 1.165) is 11.1 Å². The molecule has 0 fully saturated rings. The molecule has 0 spiro atoms. The first-order chi connectivity index (χ1) is 14.1. The van der Waals surface area contributed by atoms with Crippen LogP contribution in [-0.2, 0) is 0 Å². The second-order valence-corrected chi connectivity index (χ2v) is 7.52. The van der Waals surface area contributed by atoms with Crippen molar-refractivity contribution >= 4 is 17.1 Å². The fraction of sp³-hybridized carbons (Fsp3) is 0.115. The molecule has 0 N–H and O–H groups in total. The van der Waals surface area contributed by atoms with E-state index in [2.05, 4.69) is 23.7 Å². The summed E-state index contributed by atoms with van der Waals surface area (Å²) in [4.78, 5) is 15.2. The van der Waals surface area contributed by atoms with E-state index in [9.17, 15) is 4.79 Å². The Kier molecular flexibility index (Phi) is 6.82. The zero-order valence-electron chi connectivity index (χ0n) is 16.4. The Morgan fingerprint density at radius 3 is 1.86 bits per heavy atom. The maximum absolute atomic E-state index is 12.5. The van der Waals surface area contributed by atoms with Gasteiger partial charge in [0.15, 0.2) is 11.3 Å². The highest BCUT2D eigenvalue weighted by atomic mass is 32.1. The number of likely N-dealkylation sites (N-methyl/N-ethyl adjacent to an activating group) is 1. The molecule has 0 aliphatic heterocycles. The molecule has 0 amide bonds. The molecule has 142 valence electrons. The number of benzene rings is 2. The molecule has 0 aliphatic carbocycles. The first kappa shape index (κ1) is 20.4. The summed E-state index contributed by atoms with van der Waals surface area (Å²) in [6.45, 7) is 0. The third-order valence-electron chi connectivity index (χ3n) is 4.29. The highest BCUT2D eigenvalue weighted by Gasteiger charge is 2.25. The maximum atomic E-state index is 12.5. The number of thiophene rings is 1. The Morgan fingerprint density at radius 2 is 1.41 bits per heavy atom. The van der Waals surface area contributed by atoms with Gasteiger partial charge in [0.1, 0.15) is 0 Å². The molecular weight excluding hydrogens is 374 g/mol. The number of ketones is 1. The Labute approximate surface area is 176 Å². The average Bonchev–Trinajstić information content (AvgIpc) is 3.29. The molecule has 1 heterocycles. The number of hydrogen-bond acceptors (Lipinski definition) is 3. The van der Waals surface area contributed by atoms with Crippen LogP contribution in [0.4, 0.5) is 0 Å². The lowest BCUT2D eigenvalue weighted by atomic mass is 9.96. The van der Waals surface area contributed by atoms with Crippen molar-refractivity contribution in [1.29, 1.82) is 0 Å². The van der Waals surface area contributed by atoms with Crippen molar-refractivity contribution in [3.05, 3.63) is 106 Å². The topological polar surface area (TPSA) is 20.3 Å². The third kappa shape index (κ3) is 5.56. The molecule has 0 aliphatic rings. The van der Waals surface area contributed by atoms with Crippen LogP contribution in [0.5, 0.6) is 0 Å². The molecule has 0 unspecified atom stereocenters. The Bertz CT molecular complexity index is 1030. The summed E-state index contributed by atoms with van der Waals surface area (Å²) in [6, 6.07) is 23.2. The zero-order valence-corrected chi connectivity index (χ0v) is 17.2. The van der Waals surface area contributed by atoms with Crippen LogP contribution >= 0.6 is 11.3 Å². The Balaban J connectivity index is 2.04. The van der Waals surface area contributed by atoms with E-state index < -0.39 is 5.54 Å². The van der Waals surface area contributed by atoms with E-state index in [1.54, 1.807) is 12.2 Å². The summed E-state index contributed by atoms with van der Waals surface area (Å²) < 4.78 is 0. The van der Waals surface area contributed by atoms with E-state index in [0.29, 0.717) is 4.88 Å². The number of carbonyl (C=O) groups excluding carboxylic acids is 1. The molecule has 2 aromatic carbocycles. The second-order valence-electron chi connectivity index (χ2n) is 6.57. The second kappa shape index (κ2) is 9.71. The number of rotatable bonds is 4. The molecule has 0 radical (unpaired) electrons. The molecule has 0 saturated heterocycles. The van der Waals surface area contributed by atoms with Crippen LogP contribution in [0.15, 0.2) is 90.3 Å². The minimum Gasteiger partial charge on any atom is -0.288 e. The molecule has 3 aromatic rings. The fourth-order valence-electron chi connectivity index (χ4n) is 2.56. The van der Waals surface area contributed by atoms with Gasteiger partial charge in [0.2, 0.25) is 0 Å². The lowest BCUT2D eigenvalue weighted by Crippen LogP contribution is -2.40. The van der Waals surface area contributed by atoms with E-state index in [1.807, 2.05) is 97.2 Å². The van der Waals surface area contributed by atoms with Gasteiger partial charge in [0.25, 0.3) is 0 Å². The predicted octanol–water partition coefficient (Wildman–Crippen LogP) is 4.89. The van der Waals surface area contributed by atoms with Crippen LogP contribution in [0.25, 0.3) is 0 Å². The summed E-state index contributed by atoms with van der Waals surface area (Å²) in [5.41, 5.74) is 0.898. The Morgan fingerprint density at radius 1 is 0.862 bits per heavy atom. The van der Waals surface area contributed by atoms with E-state index in [-0.39, 0.29) is 5.78 Å². The van der Waals surface area contributed by atoms with Crippen molar-refractivity contribution in [3.8, 4) is 23.7 Å². The first-order valence-corrected chi connectivity index (χ1v) is 10.1. The number of carbonyl (C=O) groups is 1. The summed E-state index contributed by atoms with van der Waals surface area (Å²) in [6.07, 6.45) is 3.37. The van der Waals surface area contributed by atoms with E-state index in [4.69, 9.17) is 0 Å². The molecule has 0 atom stereocenters. The molecule has 2 nitrogen and oxygen atoms in total. The number of nitrogens with zero attached hydrogens (tertiary/aromatic N) is 1. The zero-order chi connectivity index (χ0) is 20.5. The normalized spacial score (nSPS) is 10.9. The summed E-state index contributed by atoms with van der Waals surface area (Å²) in [7, 11) is 3.83. The van der Waals surface area contributed by atoms with E-state index in [1.165, 1.54) is 11.3 Å². The number of allylic oxidation sites excluding steroid dienone is 1. The van der Waals surface area contributed by atoms with Gasteiger partial charge in [0.05, 0.1) is 4.88 Å². The Hall–Kier alpha value is -3.37. The van der Waals surface area contributed by atoms with Crippen LogP contribution in [0.1, 0.15) is 20.8 Å². The molecule has 0 saturated carbocycles. The van der Waals surface area contributed by atoms with Gasteiger partial charge in [-0.2, -0.15) is 0 Å². The summed E-state index contributed by atoms with van der Waals surface area (Å²) in [5, 5.41) is 1.89. The smallest absolute Gasteiger partial charge is 0.195 e. The largest absolute Gasteiger partial charge is 0.288 e. The average molecular weight is 396 g/mol. The van der Waals surface area contributed by atoms with Gasteiger partial charge in [-0.05, 0) is 62.0 Å². The highest BCUT2D eigenvalue weighted by molar-refractivity contribution is 7.12. The van der Waals surface area contributed by atoms with Crippen LogP contribution in [0.3, 0.4) is 0 Å². The van der Waals surface area contributed by atoms with Crippen LogP contribution in [0.2, 0.25) is 0 Å². The van der Waals surface area contributed by atoms with Crippen LogP contribution < -0.4 is 0 Å². The third-order valence-corrected chi connectivity index (χ3v) is 5.17. The maximum Gasteiger partial charge on any atom is 0.195 e. The van der Waals surface area contributed by atoms with Gasteiger partial charge in [-0.1, -0.05) is 66.1 Å². The van der Waals surface area contributed by atoms with Crippen molar-refractivity contribution in [2.45, 2.75) is 5.54 Å². The fourth-order valence-corrected chi connectivity index (χ4v) is 3.21. The van der Waals surface area contributed by atoms with Crippen molar-refractivity contribution in [2.75, 3.05) is 14.1 Å². The highest BCUT2D eigenvalue weighted by Crippen LogP contribution is 2.16. The lowest BCUT2D eigenvalue weighted by molar-refractivity contribution is 0.104. The molecule has 29 heavy (non-hydrogen) atoms. The van der Waals surface area contributed by atoms with Gasteiger partial charge < -0.3 is 0 Å². The van der Waals surface area contributed by atoms with Crippen molar-refractivity contribution in [3.63, 3.8) is 0 Å². The minimum atomic E-state index is -0.904. The van der Waals surface area contributed by atoms with Gasteiger partial charge in [-0.3, -0.25) is 9.69 Å². The molecule has 1 aromatic heterocycles. The van der Waals surface area contributed by atoms with E-state index >= 15 is 0 Å². The molecule has 3 rings (SSSR count). The standard InChI is InChI=1S/C26H21NOS/c1-27(2)26(18-15-22-10-5-3-6-11-22,19-16-23-12-7-4-8-13-23)20-17-24(28)25-14-9-21-29-25/h3-14,17,20-21H,1-2H3/b20-17+.